The number of pyridine rings is 1. The Balaban J connectivity index is 1.54. The maximum Gasteiger partial charge on any atom is 0.412 e. The number of aromatic nitrogens is 5. The summed E-state index contributed by atoms with van der Waals surface area (Å²) in [4.78, 5) is 19.4. The van der Waals surface area contributed by atoms with Crippen LogP contribution < -0.4 is 15.0 Å². The van der Waals surface area contributed by atoms with Crippen molar-refractivity contribution in [1.29, 1.82) is 0 Å². The van der Waals surface area contributed by atoms with Gasteiger partial charge in [0, 0.05) is 16.4 Å². The number of ether oxygens (including phenoxy) is 2. The molecule has 0 saturated carbocycles. The first-order valence-electron chi connectivity index (χ1n) is 10.9. The van der Waals surface area contributed by atoms with Gasteiger partial charge in [-0.05, 0) is 32.9 Å². The molecule has 0 bridgehead atoms. The number of alkyl halides is 1. The molecule has 1 aromatic carbocycles. The van der Waals surface area contributed by atoms with E-state index < -0.39 is 11.7 Å². The molecule has 0 saturated heterocycles. The largest absolute Gasteiger partial charge is 0.486 e. The molecule has 0 spiro atoms. The van der Waals surface area contributed by atoms with E-state index >= 15 is 0 Å². The first-order chi connectivity index (χ1) is 16.3. The number of fused-ring (bicyclic) bond motifs is 4. The minimum atomic E-state index is -0.604. The lowest BCUT2D eigenvalue weighted by Gasteiger charge is -2.30. The summed E-state index contributed by atoms with van der Waals surface area (Å²) in [5.74, 6) is 1.17. The zero-order chi connectivity index (χ0) is 23.9. The molecule has 1 N–H and O–H groups in total. The Morgan fingerprint density at radius 3 is 2.88 bits per heavy atom. The molecule has 10 nitrogen and oxygen atoms in total. The van der Waals surface area contributed by atoms with Gasteiger partial charge in [-0.15, -0.1) is 10.2 Å². The summed E-state index contributed by atoms with van der Waals surface area (Å²) in [7, 11) is 0. The number of nitrogens with one attached hydrogen (secondary N) is 1. The average Bonchev–Trinajstić information content (AvgIpc) is 3.23. The molecule has 0 fully saturated rings. The second-order valence-electron chi connectivity index (χ2n) is 8.84. The Labute approximate surface area is 209 Å². The van der Waals surface area contributed by atoms with Crippen molar-refractivity contribution in [2.75, 3.05) is 34.3 Å². The highest BCUT2D eigenvalue weighted by atomic mass is 127. The number of benzene rings is 1. The van der Waals surface area contributed by atoms with Crippen LogP contribution in [0.3, 0.4) is 0 Å². The fourth-order valence-electron chi connectivity index (χ4n) is 3.84. The van der Waals surface area contributed by atoms with Crippen LogP contribution in [-0.2, 0) is 4.74 Å². The quantitative estimate of drug-likeness (QED) is 0.284. The van der Waals surface area contributed by atoms with E-state index in [0.29, 0.717) is 40.7 Å². The topological polar surface area (TPSA) is 107 Å². The SMILES string of the molecule is CC(C)(C)OC(=O)Nc1cccc2ccc(-c3nnc4c5c(cnn34)N(CCI)CCO5)nc12. The first-order valence-corrected chi connectivity index (χ1v) is 12.4. The number of hydrogen-bond acceptors (Lipinski definition) is 8. The fourth-order valence-corrected chi connectivity index (χ4v) is 4.42. The van der Waals surface area contributed by atoms with Gasteiger partial charge in [-0.2, -0.15) is 9.61 Å². The van der Waals surface area contributed by atoms with Crippen molar-refractivity contribution in [3.05, 3.63) is 36.5 Å². The number of para-hydroxylation sites is 1. The minimum Gasteiger partial charge on any atom is -0.486 e. The second-order valence-corrected chi connectivity index (χ2v) is 9.92. The lowest BCUT2D eigenvalue weighted by Crippen LogP contribution is -2.34. The summed E-state index contributed by atoms with van der Waals surface area (Å²) in [5.41, 5.74) is 2.60. The zero-order valence-corrected chi connectivity index (χ0v) is 21.2. The van der Waals surface area contributed by atoms with E-state index in [1.807, 2.05) is 45.0 Å². The molecule has 0 aliphatic carbocycles. The highest BCUT2D eigenvalue weighted by Crippen LogP contribution is 2.35. The molecule has 176 valence electrons. The second kappa shape index (κ2) is 8.85. The molecule has 3 aromatic heterocycles. The third-order valence-corrected chi connectivity index (χ3v) is 5.74. The third kappa shape index (κ3) is 4.31. The van der Waals surface area contributed by atoms with Crippen LogP contribution in [0.25, 0.3) is 28.1 Å². The molecule has 4 aromatic rings. The van der Waals surface area contributed by atoms with E-state index in [1.165, 1.54) is 0 Å². The smallest absolute Gasteiger partial charge is 0.412 e. The molecule has 0 radical (unpaired) electrons. The number of anilines is 2. The summed E-state index contributed by atoms with van der Waals surface area (Å²) >= 11 is 2.36. The van der Waals surface area contributed by atoms with Crippen LogP contribution in [-0.4, -0.2) is 60.6 Å². The van der Waals surface area contributed by atoms with Gasteiger partial charge in [-0.1, -0.05) is 40.8 Å². The predicted octanol–water partition coefficient (Wildman–Crippen LogP) is 4.32. The van der Waals surface area contributed by atoms with Gasteiger partial charge in [0.2, 0.25) is 11.5 Å². The molecule has 1 amide bonds. The number of carbonyl (C=O) groups is 1. The molecule has 34 heavy (non-hydrogen) atoms. The van der Waals surface area contributed by atoms with Crippen molar-refractivity contribution >= 4 is 56.6 Å². The van der Waals surface area contributed by atoms with Crippen LogP contribution in [0.5, 0.6) is 5.75 Å². The van der Waals surface area contributed by atoms with Crippen molar-refractivity contribution in [3.63, 3.8) is 0 Å². The summed E-state index contributed by atoms with van der Waals surface area (Å²) < 4.78 is 14.0. The first kappa shape index (κ1) is 22.6. The maximum absolute atomic E-state index is 12.4. The molecule has 4 heterocycles. The highest BCUT2D eigenvalue weighted by Gasteiger charge is 2.25. The van der Waals surface area contributed by atoms with Gasteiger partial charge in [0.1, 0.15) is 23.6 Å². The van der Waals surface area contributed by atoms with Crippen LogP contribution >= 0.6 is 22.6 Å². The molecule has 1 aliphatic rings. The number of rotatable bonds is 4. The Hall–Kier alpha value is -3.22. The Kier molecular flexibility index (Phi) is 5.88. The molecule has 11 heteroatoms. The van der Waals surface area contributed by atoms with E-state index in [2.05, 4.69) is 48.1 Å². The molecule has 5 rings (SSSR count). The number of nitrogens with zero attached hydrogens (tertiary/aromatic N) is 6. The van der Waals surface area contributed by atoms with Gasteiger partial charge in [-0.25, -0.2) is 9.78 Å². The fraction of sp³-hybridized carbons (Fsp3) is 0.348. The highest BCUT2D eigenvalue weighted by molar-refractivity contribution is 14.1. The zero-order valence-electron chi connectivity index (χ0n) is 19.1. The van der Waals surface area contributed by atoms with Crippen molar-refractivity contribution in [1.82, 2.24) is 24.8 Å². The van der Waals surface area contributed by atoms with Gasteiger partial charge in [-0.3, -0.25) is 5.32 Å². The van der Waals surface area contributed by atoms with Crippen molar-refractivity contribution in [2.24, 2.45) is 0 Å². The summed E-state index contributed by atoms with van der Waals surface area (Å²) in [6.45, 7) is 7.76. The summed E-state index contributed by atoms with van der Waals surface area (Å²) in [6.07, 6.45) is 1.25. The van der Waals surface area contributed by atoms with Crippen LogP contribution in [0.1, 0.15) is 20.8 Å². The van der Waals surface area contributed by atoms with E-state index in [0.717, 1.165) is 28.6 Å². The lowest BCUT2D eigenvalue weighted by molar-refractivity contribution is 0.0636. The van der Waals surface area contributed by atoms with Crippen molar-refractivity contribution < 1.29 is 14.3 Å². The standard InChI is InChI=1S/C23H24IN7O3/c1-23(2,3)34-22(32)27-15-6-4-5-14-7-8-16(26-18(14)15)20-28-29-21-19-17(13-25-31(20)21)30(10-9-24)11-12-33-19/h4-8,13H,9-12H2,1-3H3,(H,27,32). The van der Waals surface area contributed by atoms with E-state index in [-0.39, 0.29) is 0 Å². The maximum atomic E-state index is 12.4. The van der Waals surface area contributed by atoms with Crippen LogP contribution in [0.15, 0.2) is 36.5 Å². The van der Waals surface area contributed by atoms with Gasteiger partial charge in [0.25, 0.3) is 0 Å². The average molecular weight is 573 g/mol. The van der Waals surface area contributed by atoms with E-state index in [4.69, 9.17) is 14.5 Å². The van der Waals surface area contributed by atoms with Gasteiger partial charge in [0.15, 0.2) is 5.75 Å². The van der Waals surface area contributed by atoms with E-state index in [1.54, 1.807) is 16.8 Å². The van der Waals surface area contributed by atoms with Crippen LogP contribution in [0.2, 0.25) is 0 Å². The van der Waals surface area contributed by atoms with Crippen LogP contribution in [0, 0.1) is 0 Å². The van der Waals surface area contributed by atoms with Gasteiger partial charge >= 0.3 is 6.09 Å². The Bertz CT molecular complexity index is 1380. The normalized spacial score (nSPS) is 13.6. The number of halogens is 1. The molecule has 0 unspecified atom stereocenters. The molecule has 0 atom stereocenters. The third-order valence-electron chi connectivity index (χ3n) is 5.26. The van der Waals surface area contributed by atoms with E-state index in [9.17, 15) is 4.79 Å². The van der Waals surface area contributed by atoms with Crippen molar-refractivity contribution in [2.45, 2.75) is 26.4 Å². The number of carbonyl (C=O) groups excluding carboxylic acids is 1. The van der Waals surface area contributed by atoms with Crippen LogP contribution in [0.4, 0.5) is 16.2 Å². The number of hydrogen-bond donors (Lipinski definition) is 1. The molecular formula is C23H24IN7O3. The Morgan fingerprint density at radius 1 is 1.24 bits per heavy atom. The minimum absolute atomic E-state index is 0.487. The van der Waals surface area contributed by atoms with Crippen molar-refractivity contribution in [3.8, 4) is 17.3 Å². The van der Waals surface area contributed by atoms with Gasteiger partial charge in [0.05, 0.1) is 23.9 Å². The number of amides is 1. The monoisotopic (exact) mass is 573 g/mol. The summed E-state index contributed by atoms with van der Waals surface area (Å²) in [5, 5.41) is 17.0. The molecule has 1 aliphatic heterocycles. The Morgan fingerprint density at radius 2 is 2.09 bits per heavy atom. The van der Waals surface area contributed by atoms with Gasteiger partial charge < -0.3 is 14.4 Å². The predicted molar refractivity (Wildman–Crippen MR) is 138 cm³/mol. The molecular weight excluding hydrogens is 549 g/mol. The lowest BCUT2D eigenvalue weighted by atomic mass is 10.1. The summed E-state index contributed by atoms with van der Waals surface area (Å²) in [6, 6.07) is 9.36.